The number of unbranched alkanes of at least 4 members (excludes halogenated alkanes) is 2. The monoisotopic (exact) mass is 667 g/mol. The average molecular weight is 668 g/mol. The fourth-order valence-corrected chi connectivity index (χ4v) is 6.16. The summed E-state index contributed by atoms with van der Waals surface area (Å²) >= 11 is 0. The van der Waals surface area contributed by atoms with E-state index < -0.39 is 0 Å². The van der Waals surface area contributed by atoms with Gasteiger partial charge in [-0.05, 0) is 101 Å². The van der Waals surface area contributed by atoms with E-state index in [1.54, 1.807) is 25.3 Å². The van der Waals surface area contributed by atoms with Crippen LogP contribution in [-0.2, 0) is 16.1 Å². The van der Waals surface area contributed by atoms with Crippen LogP contribution in [0.4, 0.5) is 11.4 Å². The number of anilines is 2. The maximum Gasteiger partial charge on any atom is 0.256 e. The number of rotatable bonds is 14. The lowest BCUT2D eigenvalue weighted by Crippen LogP contribution is -2.47. The van der Waals surface area contributed by atoms with E-state index in [-0.39, 0.29) is 30.4 Å². The molecule has 1 fully saturated rings. The number of fused-ring (bicyclic) bond motifs is 1. The fraction of sp³-hybridized carbons (Fsp3) is 0.410. The first-order valence-electron chi connectivity index (χ1n) is 17.2. The van der Waals surface area contributed by atoms with Crippen molar-refractivity contribution >= 4 is 40.0 Å². The summed E-state index contributed by atoms with van der Waals surface area (Å²) in [4.78, 5) is 43.6. The highest BCUT2D eigenvalue weighted by Crippen LogP contribution is 2.29. The van der Waals surface area contributed by atoms with Gasteiger partial charge >= 0.3 is 0 Å². The molecule has 0 radical (unpaired) electrons. The Morgan fingerprint density at radius 3 is 2.37 bits per heavy atom. The van der Waals surface area contributed by atoms with Gasteiger partial charge < -0.3 is 34.5 Å². The van der Waals surface area contributed by atoms with Gasteiger partial charge in [-0.25, -0.2) is 0 Å². The molecule has 49 heavy (non-hydrogen) atoms. The highest BCUT2D eigenvalue weighted by Gasteiger charge is 2.19. The van der Waals surface area contributed by atoms with Crippen LogP contribution in [0.2, 0.25) is 0 Å². The average Bonchev–Trinajstić information content (AvgIpc) is 3.53. The van der Waals surface area contributed by atoms with Crippen molar-refractivity contribution in [3.05, 3.63) is 89.1 Å². The zero-order valence-corrected chi connectivity index (χ0v) is 29.4. The number of likely N-dealkylation sites (N-methyl/N-ethyl adjacent to an activating group) is 1. The van der Waals surface area contributed by atoms with Gasteiger partial charge in [-0.3, -0.25) is 14.4 Å². The summed E-state index contributed by atoms with van der Waals surface area (Å²) < 4.78 is 13.7. The molecule has 0 bridgehead atoms. The van der Waals surface area contributed by atoms with E-state index in [9.17, 15) is 14.4 Å². The third-order valence-corrected chi connectivity index (χ3v) is 9.01. The Hall–Kier alpha value is -4.67. The number of carbonyl (C=O) groups excluding carboxylic acids is 3. The number of hydrogen-bond acceptors (Lipinski definition) is 6. The number of nitrogens with one attached hydrogen (secondary N) is 2. The second kappa shape index (κ2) is 16.6. The summed E-state index contributed by atoms with van der Waals surface area (Å²) in [5, 5.41) is 6.91. The summed E-state index contributed by atoms with van der Waals surface area (Å²) in [6.07, 6.45) is 5.08. The Morgan fingerprint density at radius 1 is 0.857 bits per heavy atom. The predicted octanol–water partition coefficient (Wildman–Crippen LogP) is 6.89. The summed E-state index contributed by atoms with van der Waals surface area (Å²) in [6.45, 7) is 10.4. The quantitative estimate of drug-likeness (QED) is 0.142. The summed E-state index contributed by atoms with van der Waals surface area (Å²) in [5.74, 6) is 0.302. The maximum atomic E-state index is 13.5. The van der Waals surface area contributed by atoms with E-state index >= 15 is 0 Å². The number of nitrogens with zero attached hydrogens (tertiary/aromatic N) is 3. The minimum absolute atomic E-state index is 0.213. The van der Waals surface area contributed by atoms with E-state index in [1.807, 2.05) is 60.5 Å². The molecule has 3 amide bonds. The second-order valence-corrected chi connectivity index (χ2v) is 13.1. The highest BCUT2D eigenvalue weighted by atomic mass is 16.5. The van der Waals surface area contributed by atoms with Crippen molar-refractivity contribution in [3.8, 4) is 5.75 Å². The molecule has 5 rings (SSSR count). The second-order valence-electron chi connectivity index (χ2n) is 13.1. The molecule has 0 unspecified atom stereocenters. The minimum atomic E-state index is -0.300. The Labute approximate surface area is 289 Å². The Morgan fingerprint density at radius 2 is 1.61 bits per heavy atom. The van der Waals surface area contributed by atoms with Crippen LogP contribution in [0, 0.1) is 6.92 Å². The van der Waals surface area contributed by atoms with Crippen LogP contribution in [0.25, 0.3) is 10.9 Å². The summed E-state index contributed by atoms with van der Waals surface area (Å²) in [7, 11) is 3.66. The third-order valence-electron chi connectivity index (χ3n) is 9.01. The molecular formula is C39H49N5O5. The Kier molecular flexibility index (Phi) is 12.1. The largest absolute Gasteiger partial charge is 0.491 e. The first-order chi connectivity index (χ1) is 23.6. The molecular weight excluding hydrogens is 618 g/mol. The standard InChI is InChI=1S/C39H49N5O5/c1-27(2)44-18-17-31-32(10-9-11-35(31)44)39(47)40-33-16-14-29(25-30(33)26-48-5)38(46)41-34-15-13-28(3)24-36(34)49-23-8-6-7-12-37(45)43-21-19-42(4)20-22-43/h9-11,13-18,24-25,27H,6-8,12,19-23,26H2,1-5H3,(H,40,47)(H,41,46). The zero-order valence-electron chi connectivity index (χ0n) is 29.4. The van der Waals surface area contributed by atoms with Gasteiger partial charge in [0, 0.05) is 85.2 Å². The van der Waals surface area contributed by atoms with E-state index in [2.05, 4.69) is 41.0 Å². The van der Waals surface area contributed by atoms with E-state index in [4.69, 9.17) is 9.47 Å². The first-order valence-corrected chi connectivity index (χ1v) is 17.2. The van der Waals surface area contributed by atoms with Crippen LogP contribution in [0.15, 0.2) is 66.9 Å². The lowest BCUT2D eigenvalue weighted by molar-refractivity contribution is -0.132. The first kappa shape index (κ1) is 35.6. The molecule has 10 nitrogen and oxygen atoms in total. The van der Waals surface area contributed by atoms with Gasteiger partial charge in [0.25, 0.3) is 11.8 Å². The van der Waals surface area contributed by atoms with Crippen molar-refractivity contribution in [3.63, 3.8) is 0 Å². The minimum Gasteiger partial charge on any atom is -0.491 e. The van der Waals surface area contributed by atoms with Gasteiger partial charge in [0.1, 0.15) is 5.75 Å². The molecule has 260 valence electrons. The van der Waals surface area contributed by atoms with Crippen molar-refractivity contribution in [2.24, 2.45) is 0 Å². The molecule has 0 spiro atoms. The predicted molar refractivity (Wildman–Crippen MR) is 195 cm³/mol. The lowest BCUT2D eigenvalue weighted by Gasteiger charge is -2.32. The zero-order chi connectivity index (χ0) is 34.9. The molecule has 0 atom stereocenters. The topological polar surface area (TPSA) is 105 Å². The van der Waals surface area contributed by atoms with E-state index in [0.29, 0.717) is 46.8 Å². The van der Waals surface area contributed by atoms with Crippen LogP contribution < -0.4 is 15.4 Å². The molecule has 2 N–H and O–H groups in total. The van der Waals surface area contributed by atoms with Crippen molar-refractivity contribution in [2.45, 2.75) is 59.1 Å². The molecule has 2 heterocycles. The fourth-order valence-electron chi connectivity index (χ4n) is 6.16. The van der Waals surface area contributed by atoms with Crippen molar-refractivity contribution in [1.82, 2.24) is 14.4 Å². The number of hydrogen-bond donors (Lipinski definition) is 2. The number of aryl methyl sites for hydroxylation is 1. The molecule has 1 aliphatic rings. The smallest absolute Gasteiger partial charge is 0.256 e. The highest BCUT2D eigenvalue weighted by molar-refractivity contribution is 6.13. The van der Waals surface area contributed by atoms with Crippen LogP contribution in [-0.4, -0.2) is 79.0 Å². The van der Waals surface area contributed by atoms with Crippen molar-refractivity contribution < 1.29 is 23.9 Å². The van der Waals surface area contributed by atoms with Gasteiger partial charge in [-0.15, -0.1) is 0 Å². The number of benzene rings is 3. The molecule has 4 aromatic rings. The molecule has 3 aromatic carbocycles. The third kappa shape index (κ3) is 9.07. The number of piperazine rings is 1. The van der Waals surface area contributed by atoms with Crippen molar-refractivity contribution in [2.75, 3.05) is 57.6 Å². The van der Waals surface area contributed by atoms with Crippen molar-refractivity contribution in [1.29, 1.82) is 0 Å². The summed E-state index contributed by atoms with van der Waals surface area (Å²) in [5.41, 5.74) is 4.86. The van der Waals surface area contributed by atoms with Crippen LogP contribution in [0.1, 0.15) is 77.4 Å². The summed E-state index contributed by atoms with van der Waals surface area (Å²) in [6, 6.07) is 18.8. The molecule has 10 heteroatoms. The normalized spacial score (nSPS) is 13.6. The number of aromatic nitrogens is 1. The van der Waals surface area contributed by atoms with Crippen LogP contribution >= 0.6 is 0 Å². The Bertz CT molecular complexity index is 1770. The SMILES string of the molecule is COCc1cc(C(=O)Nc2ccc(C)cc2OCCCCCC(=O)N2CCN(C)CC2)ccc1NC(=O)c1cccc2c1ccn2C(C)C. The molecule has 1 aliphatic heterocycles. The van der Waals surface area contributed by atoms with Gasteiger partial charge in [-0.2, -0.15) is 0 Å². The molecule has 1 saturated heterocycles. The molecule has 0 aliphatic carbocycles. The number of methoxy groups -OCH3 is 1. The Balaban J connectivity index is 1.19. The van der Waals surface area contributed by atoms with Crippen LogP contribution in [0.5, 0.6) is 5.75 Å². The van der Waals surface area contributed by atoms with Gasteiger partial charge in [0.2, 0.25) is 5.91 Å². The van der Waals surface area contributed by atoms with E-state index in [0.717, 1.165) is 61.9 Å². The molecule has 0 saturated carbocycles. The van der Waals surface area contributed by atoms with E-state index in [1.165, 1.54) is 0 Å². The molecule has 1 aromatic heterocycles. The van der Waals surface area contributed by atoms with Gasteiger partial charge in [-0.1, -0.05) is 12.1 Å². The van der Waals surface area contributed by atoms with Gasteiger partial charge in [0.15, 0.2) is 0 Å². The number of ether oxygens (including phenoxy) is 2. The maximum absolute atomic E-state index is 13.5. The lowest BCUT2D eigenvalue weighted by atomic mass is 10.1. The van der Waals surface area contributed by atoms with Crippen LogP contribution in [0.3, 0.4) is 0 Å². The number of carbonyl (C=O) groups is 3. The number of amides is 3. The van der Waals surface area contributed by atoms with Gasteiger partial charge in [0.05, 0.1) is 18.9 Å².